The number of hydrogen-bond acceptors (Lipinski definition) is 2. The molecule has 2 aliphatic carbocycles. The number of carbonyl (C=O) groups excluding carboxylic acids is 2. The van der Waals surface area contributed by atoms with E-state index in [-0.39, 0.29) is 35.5 Å². The van der Waals surface area contributed by atoms with Gasteiger partial charge in [-0.2, -0.15) is 0 Å². The Labute approximate surface area is 122 Å². The number of nitrogens with zero attached hydrogens (tertiary/aromatic N) is 1. The van der Waals surface area contributed by atoms with Gasteiger partial charge >= 0.3 is 0 Å². The lowest BCUT2D eigenvalue weighted by Crippen LogP contribution is -2.32. The van der Waals surface area contributed by atoms with Crippen LogP contribution in [-0.2, 0) is 16.1 Å². The highest BCUT2D eigenvalue weighted by molar-refractivity contribution is 6.31. The lowest BCUT2D eigenvalue weighted by atomic mass is 9.85. The molecule has 2 bridgehead atoms. The lowest BCUT2D eigenvalue weighted by Gasteiger charge is -2.17. The Hall–Kier alpha value is -1.61. The summed E-state index contributed by atoms with van der Waals surface area (Å²) in [4.78, 5) is 26.5. The third kappa shape index (κ3) is 1.53. The van der Waals surface area contributed by atoms with Gasteiger partial charge in [0.05, 0.1) is 18.4 Å². The molecule has 1 saturated heterocycles. The number of amides is 2. The van der Waals surface area contributed by atoms with Crippen molar-refractivity contribution in [3.8, 4) is 0 Å². The molecule has 0 aromatic heterocycles. The molecule has 0 spiro atoms. The zero-order valence-electron chi connectivity index (χ0n) is 10.8. The minimum absolute atomic E-state index is 0.0169. The highest BCUT2D eigenvalue weighted by Gasteiger charge is 2.59. The molecule has 1 aromatic carbocycles. The molecule has 20 heavy (non-hydrogen) atoms. The van der Waals surface area contributed by atoms with Crippen molar-refractivity contribution in [1.82, 2.24) is 4.90 Å². The summed E-state index contributed by atoms with van der Waals surface area (Å²) in [6.45, 7) is 0.295. The highest BCUT2D eigenvalue weighted by Crippen LogP contribution is 2.52. The van der Waals surface area contributed by atoms with Gasteiger partial charge in [-0.3, -0.25) is 14.5 Å². The van der Waals surface area contributed by atoms with E-state index in [1.54, 1.807) is 6.07 Å². The van der Waals surface area contributed by atoms with Gasteiger partial charge in [-0.1, -0.05) is 42.0 Å². The summed E-state index contributed by atoms with van der Waals surface area (Å²) in [6, 6.07) is 7.37. The zero-order chi connectivity index (χ0) is 13.9. The maximum absolute atomic E-state index is 12.5. The van der Waals surface area contributed by atoms with Gasteiger partial charge in [0.15, 0.2) is 0 Å². The van der Waals surface area contributed by atoms with Crippen LogP contribution in [0.4, 0.5) is 0 Å². The summed E-state index contributed by atoms with van der Waals surface area (Å²) in [5.74, 6) is 0.240. The highest BCUT2D eigenvalue weighted by atomic mass is 35.5. The first-order chi connectivity index (χ1) is 9.66. The molecule has 3 nitrogen and oxygen atoms in total. The summed E-state index contributed by atoms with van der Waals surface area (Å²) in [7, 11) is 0. The van der Waals surface area contributed by atoms with Crippen LogP contribution in [0.5, 0.6) is 0 Å². The van der Waals surface area contributed by atoms with Gasteiger partial charge in [0.2, 0.25) is 11.8 Å². The third-order valence-corrected chi connectivity index (χ3v) is 5.22. The SMILES string of the molecule is O=C1C2C3C=CC(C3)C2C(=O)N1Cc1ccccc1Cl. The first-order valence-electron chi connectivity index (χ1n) is 6.94. The Morgan fingerprint density at radius 1 is 1.05 bits per heavy atom. The Balaban J connectivity index is 1.64. The zero-order valence-corrected chi connectivity index (χ0v) is 11.6. The average Bonchev–Trinajstić information content (AvgIpc) is 3.10. The van der Waals surface area contributed by atoms with E-state index in [9.17, 15) is 9.59 Å². The van der Waals surface area contributed by atoms with Crippen molar-refractivity contribution in [1.29, 1.82) is 0 Å². The fraction of sp³-hybridized carbons (Fsp3) is 0.375. The van der Waals surface area contributed by atoms with Gasteiger partial charge < -0.3 is 0 Å². The molecule has 4 rings (SSSR count). The van der Waals surface area contributed by atoms with Crippen LogP contribution >= 0.6 is 11.6 Å². The summed E-state index contributed by atoms with van der Waals surface area (Å²) in [6.07, 6.45) is 5.18. The molecule has 4 atom stereocenters. The molecular weight excluding hydrogens is 274 g/mol. The Morgan fingerprint density at radius 2 is 1.65 bits per heavy atom. The minimum atomic E-state index is -0.125. The van der Waals surface area contributed by atoms with Crippen molar-refractivity contribution >= 4 is 23.4 Å². The number of hydrogen-bond donors (Lipinski definition) is 0. The summed E-state index contributed by atoms with van der Waals surface area (Å²) < 4.78 is 0. The second-order valence-electron chi connectivity index (χ2n) is 5.85. The van der Waals surface area contributed by atoms with Crippen LogP contribution in [0.15, 0.2) is 36.4 Å². The fourth-order valence-corrected chi connectivity index (χ4v) is 4.11. The van der Waals surface area contributed by atoms with Gasteiger partial charge in [-0.05, 0) is 29.9 Å². The average molecular weight is 288 g/mol. The Morgan fingerprint density at radius 3 is 2.25 bits per heavy atom. The molecule has 0 N–H and O–H groups in total. The maximum atomic E-state index is 12.5. The quantitative estimate of drug-likeness (QED) is 0.619. The summed E-state index contributed by atoms with van der Waals surface area (Å²) in [5.41, 5.74) is 0.830. The van der Waals surface area contributed by atoms with E-state index in [1.165, 1.54) is 4.90 Å². The second kappa shape index (κ2) is 4.19. The molecule has 1 aromatic rings. The molecule has 4 unspecified atom stereocenters. The topological polar surface area (TPSA) is 37.4 Å². The number of fused-ring (bicyclic) bond motifs is 5. The molecule has 1 saturated carbocycles. The second-order valence-corrected chi connectivity index (χ2v) is 6.26. The van der Waals surface area contributed by atoms with Gasteiger partial charge in [-0.15, -0.1) is 0 Å². The van der Waals surface area contributed by atoms with Crippen LogP contribution in [0, 0.1) is 23.7 Å². The predicted molar refractivity (Wildman–Crippen MR) is 74.7 cm³/mol. The number of halogens is 1. The van der Waals surface area contributed by atoms with E-state index < -0.39 is 0 Å². The van der Waals surface area contributed by atoms with Crippen LogP contribution in [0.2, 0.25) is 5.02 Å². The van der Waals surface area contributed by atoms with Gasteiger partial charge in [0.1, 0.15) is 0 Å². The molecule has 4 heteroatoms. The van der Waals surface area contributed by atoms with E-state index in [0.717, 1.165) is 12.0 Å². The monoisotopic (exact) mass is 287 g/mol. The van der Waals surface area contributed by atoms with Crippen LogP contribution in [-0.4, -0.2) is 16.7 Å². The summed E-state index contributed by atoms with van der Waals surface area (Å²) >= 11 is 6.13. The Kier molecular flexibility index (Phi) is 2.55. The van der Waals surface area contributed by atoms with Gasteiger partial charge in [0.25, 0.3) is 0 Å². The van der Waals surface area contributed by atoms with E-state index in [1.807, 2.05) is 18.2 Å². The first kappa shape index (κ1) is 12.2. The summed E-state index contributed by atoms with van der Waals surface area (Å²) in [5, 5.41) is 0.603. The van der Waals surface area contributed by atoms with Gasteiger partial charge in [0, 0.05) is 5.02 Å². The number of rotatable bonds is 2. The van der Waals surface area contributed by atoms with Crippen molar-refractivity contribution in [2.75, 3.05) is 0 Å². The smallest absolute Gasteiger partial charge is 0.234 e. The Bertz CT molecular complexity index is 609. The van der Waals surface area contributed by atoms with Crippen LogP contribution in [0.25, 0.3) is 0 Å². The van der Waals surface area contributed by atoms with Crippen molar-refractivity contribution in [3.05, 3.63) is 47.0 Å². The number of carbonyl (C=O) groups is 2. The van der Waals surface area contributed by atoms with E-state index in [4.69, 9.17) is 11.6 Å². The molecule has 2 amide bonds. The molecule has 2 fully saturated rings. The molecular formula is C16H14ClNO2. The number of allylic oxidation sites excluding steroid dienone is 2. The van der Waals surface area contributed by atoms with Gasteiger partial charge in [-0.25, -0.2) is 0 Å². The minimum Gasteiger partial charge on any atom is -0.278 e. The predicted octanol–water partition coefficient (Wildman–Crippen LogP) is 2.65. The van der Waals surface area contributed by atoms with E-state index in [2.05, 4.69) is 12.2 Å². The van der Waals surface area contributed by atoms with Crippen LogP contribution < -0.4 is 0 Å². The molecule has 3 aliphatic rings. The number of benzene rings is 1. The van der Waals surface area contributed by atoms with Crippen LogP contribution in [0.3, 0.4) is 0 Å². The number of imide groups is 1. The lowest BCUT2D eigenvalue weighted by molar-refractivity contribution is -0.141. The fourth-order valence-electron chi connectivity index (χ4n) is 3.92. The molecule has 102 valence electrons. The number of likely N-dealkylation sites (tertiary alicyclic amines) is 1. The van der Waals surface area contributed by atoms with E-state index >= 15 is 0 Å². The molecule has 1 heterocycles. The molecule has 0 radical (unpaired) electrons. The molecule has 1 aliphatic heterocycles. The largest absolute Gasteiger partial charge is 0.278 e. The van der Waals surface area contributed by atoms with E-state index in [0.29, 0.717) is 11.6 Å². The van der Waals surface area contributed by atoms with Crippen molar-refractivity contribution in [2.24, 2.45) is 23.7 Å². The third-order valence-electron chi connectivity index (χ3n) is 4.85. The standard InChI is InChI=1S/C16H14ClNO2/c17-12-4-2-1-3-11(12)8-18-15(19)13-9-5-6-10(7-9)14(13)16(18)20/h1-6,9-10,13-14H,7-8H2. The van der Waals surface area contributed by atoms with Crippen molar-refractivity contribution < 1.29 is 9.59 Å². The normalized spacial score (nSPS) is 34.1. The first-order valence-corrected chi connectivity index (χ1v) is 7.31. The van der Waals surface area contributed by atoms with Crippen molar-refractivity contribution in [3.63, 3.8) is 0 Å². The van der Waals surface area contributed by atoms with Crippen molar-refractivity contribution in [2.45, 2.75) is 13.0 Å². The van der Waals surface area contributed by atoms with Crippen LogP contribution in [0.1, 0.15) is 12.0 Å². The maximum Gasteiger partial charge on any atom is 0.234 e.